The molecule has 2 saturated carbocycles. The number of benzene rings is 1. The van der Waals surface area contributed by atoms with Crippen LogP contribution in [-0.4, -0.2) is 6.10 Å². The second kappa shape index (κ2) is 10.6. The van der Waals surface area contributed by atoms with Crippen LogP contribution < -0.4 is 4.74 Å². The van der Waals surface area contributed by atoms with Gasteiger partial charge in [0.15, 0.2) is 11.6 Å². The molecule has 1 atom stereocenters. The molecular formula is C25H38F2O. The second-order valence-electron chi connectivity index (χ2n) is 9.21. The summed E-state index contributed by atoms with van der Waals surface area (Å²) in [6, 6.07) is 3.43. The van der Waals surface area contributed by atoms with Crippen LogP contribution in [0.25, 0.3) is 0 Å². The third-order valence-electron chi connectivity index (χ3n) is 7.15. The molecule has 1 aromatic carbocycles. The smallest absolute Gasteiger partial charge is 0.200 e. The maximum absolute atomic E-state index is 14.8. The molecular weight excluding hydrogens is 354 g/mol. The van der Waals surface area contributed by atoms with Crippen LogP contribution in [0.4, 0.5) is 8.78 Å². The lowest BCUT2D eigenvalue weighted by atomic mass is 9.70. The molecule has 3 rings (SSSR count). The number of hydrogen-bond acceptors (Lipinski definition) is 1. The van der Waals surface area contributed by atoms with E-state index in [0.717, 1.165) is 50.4 Å². The number of rotatable bonds is 8. The number of ether oxygens (including phenoxy) is 1. The van der Waals surface area contributed by atoms with Crippen molar-refractivity contribution in [2.45, 2.75) is 109 Å². The molecule has 2 aliphatic rings. The lowest BCUT2D eigenvalue weighted by Crippen LogP contribution is -2.23. The summed E-state index contributed by atoms with van der Waals surface area (Å²) in [5.41, 5.74) is 0.561. The van der Waals surface area contributed by atoms with E-state index in [4.69, 9.17) is 4.74 Å². The summed E-state index contributed by atoms with van der Waals surface area (Å²) in [6.07, 6.45) is 15.4. The predicted molar refractivity (Wildman–Crippen MR) is 112 cm³/mol. The van der Waals surface area contributed by atoms with Crippen LogP contribution in [-0.2, 0) is 0 Å². The normalized spacial score (nSPS) is 24.9. The molecule has 1 unspecified atom stereocenters. The minimum Gasteiger partial charge on any atom is -0.488 e. The number of halogens is 2. The second-order valence-corrected chi connectivity index (χ2v) is 9.21. The van der Waals surface area contributed by atoms with E-state index >= 15 is 0 Å². The molecule has 2 fully saturated rings. The van der Waals surface area contributed by atoms with E-state index in [1.807, 2.05) is 6.92 Å². The molecule has 0 saturated heterocycles. The van der Waals surface area contributed by atoms with Gasteiger partial charge in [-0.25, -0.2) is 4.39 Å². The molecule has 0 amide bonds. The molecule has 0 spiro atoms. The first-order valence-corrected chi connectivity index (χ1v) is 11.7. The van der Waals surface area contributed by atoms with Gasteiger partial charge in [0.05, 0.1) is 6.10 Å². The van der Waals surface area contributed by atoms with Crippen molar-refractivity contribution in [3.63, 3.8) is 0 Å². The minimum absolute atomic E-state index is 0.0705. The Labute approximate surface area is 170 Å². The van der Waals surface area contributed by atoms with E-state index in [1.54, 1.807) is 12.1 Å². The van der Waals surface area contributed by atoms with Crippen molar-refractivity contribution in [3.05, 3.63) is 29.3 Å². The van der Waals surface area contributed by atoms with Crippen molar-refractivity contribution in [3.8, 4) is 5.75 Å². The summed E-state index contributed by atoms with van der Waals surface area (Å²) in [6.45, 7) is 4.09. The van der Waals surface area contributed by atoms with Crippen molar-refractivity contribution in [2.24, 2.45) is 11.8 Å². The molecule has 0 aliphatic heterocycles. The molecule has 28 heavy (non-hydrogen) atoms. The summed E-state index contributed by atoms with van der Waals surface area (Å²) in [5, 5.41) is 0. The van der Waals surface area contributed by atoms with Gasteiger partial charge in [0.25, 0.3) is 0 Å². The number of unbranched alkanes of at least 4 members (excludes halogenated alkanes) is 2. The molecule has 0 bridgehead atoms. The molecule has 0 heterocycles. The van der Waals surface area contributed by atoms with Gasteiger partial charge < -0.3 is 4.74 Å². The zero-order valence-electron chi connectivity index (χ0n) is 17.8. The van der Waals surface area contributed by atoms with Crippen molar-refractivity contribution in [1.29, 1.82) is 0 Å². The Bertz CT molecular complexity index is 601. The molecule has 158 valence electrons. The largest absolute Gasteiger partial charge is 0.488 e. The molecule has 0 radical (unpaired) electrons. The highest BCUT2D eigenvalue weighted by atomic mass is 19.2. The van der Waals surface area contributed by atoms with Gasteiger partial charge in [-0.15, -0.1) is 0 Å². The highest BCUT2D eigenvalue weighted by Crippen LogP contribution is 2.44. The van der Waals surface area contributed by atoms with E-state index in [1.165, 1.54) is 44.9 Å². The molecule has 1 nitrogen and oxygen atoms in total. The summed E-state index contributed by atoms with van der Waals surface area (Å²) >= 11 is 0. The average molecular weight is 393 g/mol. The first-order valence-electron chi connectivity index (χ1n) is 11.7. The first-order chi connectivity index (χ1) is 13.6. The molecule has 0 N–H and O–H groups in total. The highest BCUT2D eigenvalue weighted by Gasteiger charge is 2.31. The van der Waals surface area contributed by atoms with Crippen LogP contribution in [0.5, 0.6) is 5.75 Å². The van der Waals surface area contributed by atoms with E-state index in [0.29, 0.717) is 5.56 Å². The average Bonchev–Trinajstić information content (AvgIpc) is 2.73. The monoisotopic (exact) mass is 392 g/mol. The van der Waals surface area contributed by atoms with Crippen molar-refractivity contribution in [2.75, 3.05) is 0 Å². The molecule has 0 aromatic heterocycles. The van der Waals surface area contributed by atoms with Crippen LogP contribution in [0, 0.1) is 23.5 Å². The van der Waals surface area contributed by atoms with Gasteiger partial charge in [-0.1, -0.05) is 57.9 Å². The zero-order chi connectivity index (χ0) is 19.9. The summed E-state index contributed by atoms with van der Waals surface area (Å²) < 4.78 is 35.1. The van der Waals surface area contributed by atoms with E-state index < -0.39 is 11.6 Å². The fourth-order valence-corrected chi connectivity index (χ4v) is 5.42. The fourth-order valence-electron chi connectivity index (χ4n) is 5.42. The van der Waals surface area contributed by atoms with Gasteiger partial charge in [0.1, 0.15) is 0 Å². The van der Waals surface area contributed by atoms with Crippen LogP contribution in [0.2, 0.25) is 0 Å². The lowest BCUT2D eigenvalue weighted by molar-refractivity contribution is 0.183. The maximum atomic E-state index is 14.8. The van der Waals surface area contributed by atoms with Crippen molar-refractivity contribution >= 4 is 0 Å². The lowest BCUT2D eigenvalue weighted by Gasteiger charge is -2.36. The van der Waals surface area contributed by atoms with Gasteiger partial charge in [-0.3, -0.25) is 0 Å². The van der Waals surface area contributed by atoms with Crippen molar-refractivity contribution < 1.29 is 13.5 Å². The highest BCUT2D eigenvalue weighted by molar-refractivity contribution is 5.33. The molecule has 1 aromatic rings. The first kappa shape index (κ1) is 21.6. The summed E-state index contributed by atoms with van der Waals surface area (Å²) in [4.78, 5) is 0. The Kier molecular flexibility index (Phi) is 8.17. The van der Waals surface area contributed by atoms with Gasteiger partial charge in [0.2, 0.25) is 5.82 Å². The van der Waals surface area contributed by atoms with E-state index in [2.05, 4.69) is 6.92 Å². The van der Waals surface area contributed by atoms with Gasteiger partial charge in [-0.2, -0.15) is 4.39 Å². The Morgan fingerprint density at radius 3 is 2.25 bits per heavy atom. The van der Waals surface area contributed by atoms with Crippen LogP contribution >= 0.6 is 0 Å². The maximum Gasteiger partial charge on any atom is 0.200 e. The Morgan fingerprint density at radius 1 is 0.893 bits per heavy atom. The number of hydrogen-bond donors (Lipinski definition) is 0. The topological polar surface area (TPSA) is 9.23 Å². The standard InChI is InChI=1S/C25H38F2O/c1-3-4-6-9-18(2)28-23-17-16-22(24(26)25(23)27)21-14-12-20(13-15-21)19-10-7-5-8-11-19/h16-21H,3-15H2,1-2H3. The summed E-state index contributed by atoms with van der Waals surface area (Å²) in [5.74, 6) is 0.428. The third kappa shape index (κ3) is 5.48. The SMILES string of the molecule is CCCCCC(C)Oc1ccc(C2CCC(C3CCCCC3)CC2)c(F)c1F. The predicted octanol–water partition coefficient (Wildman–Crippen LogP) is 8.17. The molecule has 3 heteroatoms. The van der Waals surface area contributed by atoms with Gasteiger partial charge >= 0.3 is 0 Å². The van der Waals surface area contributed by atoms with E-state index in [-0.39, 0.29) is 17.8 Å². The Balaban J connectivity index is 1.57. The minimum atomic E-state index is -0.797. The van der Waals surface area contributed by atoms with Crippen molar-refractivity contribution in [1.82, 2.24) is 0 Å². The molecule has 2 aliphatic carbocycles. The van der Waals surface area contributed by atoms with Crippen LogP contribution in [0.1, 0.15) is 109 Å². The Hall–Kier alpha value is -1.12. The third-order valence-corrected chi connectivity index (χ3v) is 7.15. The van der Waals surface area contributed by atoms with Gasteiger partial charge in [-0.05, 0) is 74.8 Å². The quantitative estimate of drug-likeness (QED) is 0.405. The van der Waals surface area contributed by atoms with Crippen LogP contribution in [0.3, 0.4) is 0 Å². The Morgan fingerprint density at radius 2 is 1.57 bits per heavy atom. The zero-order valence-corrected chi connectivity index (χ0v) is 17.8. The van der Waals surface area contributed by atoms with E-state index in [9.17, 15) is 8.78 Å². The fraction of sp³-hybridized carbons (Fsp3) is 0.760. The van der Waals surface area contributed by atoms with Gasteiger partial charge in [0, 0.05) is 0 Å². The van der Waals surface area contributed by atoms with Crippen LogP contribution in [0.15, 0.2) is 12.1 Å². The summed E-state index contributed by atoms with van der Waals surface area (Å²) in [7, 11) is 0.